The maximum Gasteiger partial charge on any atom is 0.317 e. The van der Waals surface area contributed by atoms with Gasteiger partial charge in [0.25, 0.3) is 0 Å². The van der Waals surface area contributed by atoms with Crippen molar-refractivity contribution in [2.24, 2.45) is 11.1 Å². The summed E-state index contributed by atoms with van der Waals surface area (Å²) in [5.74, 6) is -0.139. The molecule has 1 saturated heterocycles. The summed E-state index contributed by atoms with van der Waals surface area (Å²) in [7, 11) is -3.49. The van der Waals surface area contributed by atoms with Crippen molar-refractivity contribution in [2.75, 3.05) is 25.4 Å². The number of amides is 2. The normalized spacial score (nSPS) is 18.0. The maximum absolute atomic E-state index is 12.1. The number of rotatable bonds is 6. The molecule has 25 heavy (non-hydrogen) atoms. The number of nitrogens with one attached hydrogen (secondary N) is 1. The molecule has 3 N–H and O–H groups in total. The van der Waals surface area contributed by atoms with Gasteiger partial charge in [0.05, 0.1) is 17.5 Å². The largest absolute Gasteiger partial charge is 0.338 e. The van der Waals surface area contributed by atoms with E-state index in [1.165, 1.54) is 0 Å². The molecule has 1 fully saturated rings. The van der Waals surface area contributed by atoms with Crippen molar-refractivity contribution in [2.45, 2.75) is 19.4 Å². The first-order valence-electron chi connectivity index (χ1n) is 8.36. The van der Waals surface area contributed by atoms with Crippen LogP contribution in [0.15, 0.2) is 30.5 Å². The van der Waals surface area contributed by atoms with Crippen molar-refractivity contribution < 1.29 is 13.2 Å². The third kappa shape index (κ3) is 4.70. The Hall–Kier alpha value is -2.13. The zero-order valence-electron chi connectivity index (χ0n) is 14.0. The summed E-state index contributed by atoms with van der Waals surface area (Å²) in [6.45, 7) is 2.27. The number of fused-ring (bicyclic) bond motifs is 1. The summed E-state index contributed by atoms with van der Waals surface area (Å²) in [4.78, 5) is 13.8. The molecule has 0 spiro atoms. The van der Waals surface area contributed by atoms with Gasteiger partial charge < -0.3 is 10.2 Å². The second kappa shape index (κ2) is 7.40. The Morgan fingerprint density at radius 3 is 2.96 bits per heavy atom. The molecule has 0 aliphatic carbocycles. The summed E-state index contributed by atoms with van der Waals surface area (Å²) in [6, 6.07) is 7.85. The average Bonchev–Trinajstić information content (AvgIpc) is 3.17. The van der Waals surface area contributed by atoms with Gasteiger partial charge in [-0.3, -0.25) is 4.68 Å². The van der Waals surface area contributed by atoms with Crippen molar-refractivity contribution in [3.05, 3.63) is 30.5 Å². The minimum atomic E-state index is -3.49. The molecule has 2 aromatic rings. The van der Waals surface area contributed by atoms with Gasteiger partial charge in [0.2, 0.25) is 10.0 Å². The Balaban J connectivity index is 1.41. The monoisotopic (exact) mass is 365 g/mol. The lowest BCUT2D eigenvalue weighted by atomic mass is 10.2. The van der Waals surface area contributed by atoms with Crippen molar-refractivity contribution >= 4 is 27.0 Å². The number of nitrogens with zero attached hydrogens (tertiary/aromatic N) is 3. The summed E-state index contributed by atoms with van der Waals surface area (Å²) in [6.07, 6.45) is 3.28. The van der Waals surface area contributed by atoms with Gasteiger partial charge in [-0.25, -0.2) is 18.4 Å². The van der Waals surface area contributed by atoms with E-state index in [1.54, 1.807) is 4.90 Å². The predicted molar refractivity (Wildman–Crippen MR) is 95.4 cm³/mol. The molecule has 1 aromatic heterocycles. The number of carbonyl (C=O) groups excluding carboxylic acids is 1. The fourth-order valence-corrected chi connectivity index (χ4v) is 4.15. The first-order valence-corrected chi connectivity index (χ1v) is 10.1. The van der Waals surface area contributed by atoms with Crippen LogP contribution in [0.3, 0.4) is 0 Å². The summed E-state index contributed by atoms with van der Waals surface area (Å²) in [5, 5.41) is 13.4. The first-order chi connectivity index (χ1) is 11.9. The summed E-state index contributed by atoms with van der Waals surface area (Å²) < 4.78 is 24.2. The maximum atomic E-state index is 12.1. The van der Waals surface area contributed by atoms with E-state index in [-0.39, 0.29) is 17.7 Å². The van der Waals surface area contributed by atoms with E-state index in [9.17, 15) is 13.2 Å². The molecular weight excluding hydrogens is 342 g/mol. The molecule has 2 amide bonds. The fraction of sp³-hybridized carbons (Fsp3) is 0.500. The van der Waals surface area contributed by atoms with Crippen LogP contribution in [-0.4, -0.2) is 54.5 Å². The van der Waals surface area contributed by atoms with Gasteiger partial charge >= 0.3 is 6.03 Å². The van der Waals surface area contributed by atoms with E-state index in [1.807, 2.05) is 35.1 Å². The standard InChI is InChI=1S/C16H23N5O3S/c17-25(23,24)12-13-6-9-20(11-13)16(22)18-7-3-8-21-15-5-2-1-4-14(15)10-19-21/h1-2,4-5,10,13H,3,6-9,11-12H2,(H,18,22)(H2,17,23,24)/t13-/m1/s1. The number of primary sulfonamides is 1. The number of hydrogen-bond donors (Lipinski definition) is 2. The Morgan fingerprint density at radius 2 is 2.16 bits per heavy atom. The van der Waals surface area contributed by atoms with Crippen LogP contribution in [0.2, 0.25) is 0 Å². The molecule has 3 rings (SSSR count). The minimum Gasteiger partial charge on any atom is -0.338 e. The number of sulfonamides is 1. The number of aromatic nitrogens is 2. The van der Waals surface area contributed by atoms with E-state index >= 15 is 0 Å². The van der Waals surface area contributed by atoms with Crippen LogP contribution in [0, 0.1) is 5.92 Å². The molecule has 8 nitrogen and oxygen atoms in total. The lowest BCUT2D eigenvalue weighted by molar-refractivity contribution is 0.207. The predicted octanol–water partition coefficient (Wildman–Crippen LogP) is 0.746. The average molecular weight is 365 g/mol. The van der Waals surface area contributed by atoms with Crippen LogP contribution in [0.5, 0.6) is 0 Å². The third-order valence-electron chi connectivity index (χ3n) is 4.42. The second-order valence-corrected chi connectivity index (χ2v) is 8.10. The van der Waals surface area contributed by atoms with E-state index in [0.717, 1.165) is 23.9 Å². The lowest BCUT2D eigenvalue weighted by Gasteiger charge is -2.17. The van der Waals surface area contributed by atoms with Crippen LogP contribution >= 0.6 is 0 Å². The first kappa shape index (κ1) is 17.7. The van der Waals surface area contributed by atoms with Crippen LogP contribution in [-0.2, 0) is 16.6 Å². The third-order valence-corrected chi connectivity index (χ3v) is 5.35. The van der Waals surface area contributed by atoms with Crippen molar-refractivity contribution in [3.63, 3.8) is 0 Å². The Labute approximate surface area is 147 Å². The van der Waals surface area contributed by atoms with Gasteiger partial charge in [-0.15, -0.1) is 0 Å². The molecular formula is C16H23N5O3S. The van der Waals surface area contributed by atoms with Gasteiger partial charge in [-0.2, -0.15) is 5.10 Å². The molecule has 0 unspecified atom stereocenters. The number of urea groups is 1. The molecule has 2 heterocycles. The smallest absolute Gasteiger partial charge is 0.317 e. The molecule has 9 heteroatoms. The Kier molecular flexibility index (Phi) is 5.24. The quantitative estimate of drug-likeness (QED) is 0.736. The van der Waals surface area contributed by atoms with Gasteiger partial charge in [0.15, 0.2) is 0 Å². The molecule has 1 aromatic carbocycles. The number of aryl methyl sites for hydroxylation is 1. The lowest BCUT2D eigenvalue weighted by Crippen LogP contribution is -2.39. The number of nitrogens with two attached hydrogens (primary N) is 1. The van der Waals surface area contributed by atoms with Crippen molar-refractivity contribution in [1.29, 1.82) is 0 Å². The van der Waals surface area contributed by atoms with Gasteiger partial charge in [0, 0.05) is 31.6 Å². The van der Waals surface area contributed by atoms with Crippen LogP contribution < -0.4 is 10.5 Å². The van der Waals surface area contributed by atoms with E-state index in [0.29, 0.717) is 26.1 Å². The Morgan fingerprint density at radius 1 is 1.36 bits per heavy atom. The molecule has 0 saturated carbocycles. The minimum absolute atomic E-state index is 0.0663. The molecule has 136 valence electrons. The van der Waals surface area contributed by atoms with E-state index in [2.05, 4.69) is 10.4 Å². The SMILES string of the molecule is NS(=O)(=O)C[C@@H]1CCN(C(=O)NCCCn2ncc3ccccc32)C1. The van der Waals surface area contributed by atoms with Crippen LogP contribution in [0.4, 0.5) is 4.79 Å². The number of likely N-dealkylation sites (tertiary alicyclic amines) is 1. The molecule has 0 radical (unpaired) electrons. The second-order valence-electron chi connectivity index (χ2n) is 6.44. The zero-order valence-corrected chi connectivity index (χ0v) is 14.8. The molecule has 1 aliphatic rings. The molecule has 1 atom stereocenters. The van der Waals surface area contributed by atoms with Gasteiger partial charge in [0.1, 0.15) is 0 Å². The van der Waals surface area contributed by atoms with E-state index < -0.39 is 10.0 Å². The highest BCUT2D eigenvalue weighted by Gasteiger charge is 2.28. The highest BCUT2D eigenvalue weighted by Crippen LogP contribution is 2.17. The summed E-state index contributed by atoms with van der Waals surface area (Å²) >= 11 is 0. The molecule has 1 aliphatic heterocycles. The van der Waals surface area contributed by atoms with Gasteiger partial charge in [-0.1, -0.05) is 18.2 Å². The Bertz CT molecular complexity index is 848. The highest BCUT2D eigenvalue weighted by atomic mass is 32.2. The van der Waals surface area contributed by atoms with Crippen molar-refractivity contribution in [1.82, 2.24) is 20.0 Å². The highest BCUT2D eigenvalue weighted by molar-refractivity contribution is 7.89. The number of para-hydroxylation sites is 1. The molecule has 0 bridgehead atoms. The number of benzene rings is 1. The van der Waals surface area contributed by atoms with Crippen LogP contribution in [0.25, 0.3) is 10.9 Å². The number of hydrogen-bond acceptors (Lipinski definition) is 4. The zero-order chi connectivity index (χ0) is 17.9. The van der Waals surface area contributed by atoms with Crippen LogP contribution in [0.1, 0.15) is 12.8 Å². The van der Waals surface area contributed by atoms with Gasteiger partial charge in [-0.05, 0) is 24.8 Å². The topological polar surface area (TPSA) is 110 Å². The van der Waals surface area contributed by atoms with E-state index in [4.69, 9.17) is 5.14 Å². The van der Waals surface area contributed by atoms with Crippen molar-refractivity contribution in [3.8, 4) is 0 Å². The summed E-state index contributed by atoms with van der Waals surface area (Å²) in [5.41, 5.74) is 1.08. The fourth-order valence-electron chi connectivity index (χ4n) is 3.22. The number of carbonyl (C=O) groups is 1.